The zero-order valence-corrected chi connectivity index (χ0v) is 16.9. The van der Waals surface area contributed by atoms with Crippen molar-refractivity contribution in [3.8, 4) is 0 Å². The Morgan fingerprint density at radius 1 is 1.37 bits per heavy atom. The highest BCUT2D eigenvalue weighted by Gasteiger charge is 2.43. The Morgan fingerprint density at radius 3 is 2.70 bits per heavy atom. The lowest BCUT2D eigenvalue weighted by atomic mass is 9.81. The molecule has 1 saturated heterocycles. The number of aromatic nitrogens is 3. The van der Waals surface area contributed by atoms with Gasteiger partial charge in [0, 0.05) is 16.5 Å². The molecule has 0 spiro atoms. The van der Waals surface area contributed by atoms with Crippen molar-refractivity contribution in [1.82, 2.24) is 14.8 Å². The Labute approximate surface area is 168 Å². The molecule has 1 fully saturated rings. The van der Waals surface area contributed by atoms with Gasteiger partial charge in [0.15, 0.2) is 12.1 Å². The first-order valence-electron chi connectivity index (χ1n) is 8.98. The van der Waals surface area contributed by atoms with Gasteiger partial charge in [-0.05, 0) is 31.0 Å². The summed E-state index contributed by atoms with van der Waals surface area (Å²) >= 11 is 12.3. The van der Waals surface area contributed by atoms with Crippen molar-refractivity contribution in [1.29, 1.82) is 0 Å². The number of hydrogen-bond acceptors (Lipinski definition) is 5. The normalized spacial score (nSPS) is 23.9. The minimum absolute atomic E-state index is 0.0195. The average molecular weight is 412 g/mol. The van der Waals surface area contributed by atoms with Gasteiger partial charge >= 0.3 is 0 Å². The van der Waals surface area contributed by atoms with Crippen LogP contribution < -0.4 is 0 Å². The van der Waals surface area contributed by atoms with Gasteiger partial charge in [0.2, 0.25) is 0 Å². The summed E-state index contributed by atoms with van der Waals surface area (Å²) in [6, 6.07) is 4.70. The molecule has 0 saturated carbocycles. The van der Waals surface area contributed by atoms with E-state index in [-0.39, 0.29) is 12.1 Å². The van der Waals surface area contributed by atoms with Crippen LogP contribution in [0.3, 0.4) is 0 Å². The molecule has 0 N–H and O–H groups in total. The first-order chi connectivity index (χ1) is 12.9. The number of halogens is 2. The zero-order chi connectivity index (χ0) is 19.4. The van der Waals surface area contributed by atoms with Gasteiger partial charge in [0.05, 0.1) is 18.6 Å². The Kier molecular flexibility index (Phi) is 6.52. The van der Waals surface area contributed by atoms with E-state index in [1.54, 1.807) is 23.1 Å². The molecule has 2 aromatic rings. The summed E-state index contributed by atoms with van der Waals surface area (Å²) < 4.78 is 13.1. The van der Waals surface area contributed by atoms with Gasteiger partial charge in [-0.15, -0.1) is 0 Å². The lowest BCUT2D eigenvalue weighted by Crippen LogP contribution is -2.48. The molecule has 6 nitrogen and oxygen atoms in total. The summed E-state index contributed by atoms with van der Waals surface area (Å²) in [4.78, 5) is 17.4. The van der Waals surface area contributed by atoms with Crippen LogP contribution >= 0.6 is 23.2 Å². The Hall–Kier alpha value is -1.47. The van der Waals surface area contributed by atoms with Gasteiger partial charge in [-0.3, -0.25) is 4.79 Å². The Bertz CT molecular complexity index is 775. The molecule has 27 heavy (non-hydrogen) atoms. The van der Waals surface area contributed by atoms with E-state index in [0.717, 1.165) is 18.4 Å². The van der Waals surface area contributed by atoms with Crippen LogP contribution in [-0.2, 0) is 20.7 Å². The van der Waals surface area contributed by atoms with E-state index in [2.05, 4.69) is 17.0 Å². The van der Waals surface area contributed by atoms with Gasteiger partial charge in [-0.1, -0.05) is 42.6 Å². The summed E-state index contributed by atoms with van der Waals surface area (Å²) in [5, 5.41) is 5.25. The van der Waals surface area contributed by atoms with Crippen molar-refractivity contribution in [3.05, 3.63) is 46.5 Å². The standard InChI is InChI=1S/C19H23Cl2N3O3/c1-3-4-17-26-9-19(2,10-27-17)18(25)16(24-12-22-11-23-24)7-13-5-6-14(20)8-15(13)21/h5-6,8,11-12,16-17H,3-4,7,9-10H2,1-2H3. The first kappa shape index (κ1) is 20.3. The quantitative estimate of drug-likeness (QED) is 0.685. The maximum atomic E-state index is 13.4. The molecule has 0 radical (unpaired) electrons. The Morgan fingerprint density at radius 2 is 2.11 bits per heavy atom. The maximum Gasteiger partial charge on any atom is 0.168 e. The fourth-order valence-corrected chi connectivity index (χ4v) is 3.66. The highest BCUT2D eigenvalue weighted by molar-refractivity contribution is 6.35. The largest absolute Gasteiger partial charge is 0.352 e. The van der Waals surface area contributed by atoms with Crippen molar-refractivity contribution < 1.29 is 14.3 Å². The second-order valence-corrected chi connectivity index (χ2v) is 7.94. The predicted octanol–water partition coefficient (Wildman–Crippen LogP) is 4.12. The van der Waals surface area contributed by atoms with Crippen molar-refractivity contribution in [2.24, 2.45) is 5.41 Å². The SMILES string of the molecule is CCCC1OCC(C)(C(=O)C(Cc2ccc(Cl)cc2Cl)n2cncn2)CO1. The van der Waals surface area contributed by atoms with Crippen molar-refractivity contribution >= 4 is 29.0 Å². The van der Waals surface area contributed by atoms with E-state index >= 15 is 0 Å². The highest BCUT2D eigenvalue weighted by atomic mass is 35.5. The second-order valence-electron chi connectivity index (χ2n) is 7.10. The van der Waals surface area contributed by atoms with Gasteiger partial charge in [-0.2, -0.15) is 5.10 Å². The number of rotatable bonds is 7. The molecular formula is C19H23Cl2N3O3. The minimum Gasteiger partial charge on any atom is -0.352 e. The van der Waals surface area contributed by atoms with E-state index < -0.39 is 11.5 Å². The maximum absolute atomic E-state index is 13.4. The van der Waals surface area contributed by atoms with E-state index in [9.17, 15) is 4.79 Å². The van der Waals surface area contributed by atoms with Crippen LogP contribution in [0.5, 0.6) is 0 Å². The summed E-state index contributed by atoms with van der Waals surface area (Å²) in [5.41, 5.74) is 0.0553. The molecule has 3 rings (SSSR count). The molecular weight excluding hydrogens is 389 g/mol. The zero-order valence-electron chi connectivity index (χ0n) is 15.4. The fourth-order valence-electron chi connectivity index (χ4n) is 3.17. The number of ether oxygens (including phenoxy) is 2. The lowest BCUT2D eigenvalue weighted by molar-refractivity contribution is -0.226. The fraction of sp³-hybridized carbons (Fsp3) is 0.526. The van der Waals surface area contributed by atoms with Crippen LogP contribution in [0.15, 0.2) is 30.9 Å². The minimum atomic E-state index is -0.764. The lowest BCUT2D eigenvalue weighted by Gasteiger charge is -2.38. The molecule has 2 heterocycles. The molecule has 1 unspecified atom stereocenters. The molecule has 0 aliphatic carbocycles. The van der Waals surface area contributed by atoms with E-state index in [1.807, 2.05) is 13.0 Å². The van der Waals surface area contributed by atoms with Crippen LogP contribution in [0.4, 0.5) is 0 Å². The molecule has 1 aromatic carbocycles. The smallest absolute Gasteiger partial charge is 0.168 e. The van der Waals surface area contributed by atoms with E-state index in [4.69, 9.17) is 32.7 Å². The predicted molar refractivity (Wildman–Crippen MR) is 103 cm³/mol. The van der Waals surface area contributed by atoms with E-state index in [0.29, 0.717) is 29.7 Å². The van der Waals surface area contributed by atoms with Crippen molar-refractivity contribution in [2.75, 3.05) is 13.2 Å². The van der Waals surface area contributed by atoms with Crippen LogP contribution in [0.2, 0.25) is 10.0 Å². The van der Waals surface area contributed by atoms with Crippen LogP contribution in [0.1, 0.15) is 38.3 Å². The number of nitrogens with zero attached hydrogens (tertiary/aromatic N) is 3. The summed E-state index contributed by atoms with van der Waals surface area (Å²) in [7, 11) is 0. The number of hydrogen-bond donors (Lipinski definition) is 0. The van der Waals surface area contributed by atoms with Crippen LogP contribution in [0.25, 0.3) is 0 Å². The van der Waals surface area contributed by atoms with Gasteiger partial charge in [0.25, 0.3) is 0 Å². The topological polar surface area (TPSA) is 66.2 Å². The highest BCUT2D eigenvalue weighted by Crippen LogP contribution is 2.33. The van der Waals surface area contributed by atoms with E-state index in [1.165, 1.54) is 6.33 Å². The molecule has 1 aliphatic rings. The third kappa shape index (κ3) is 4.69. The van der Waals surface area contributed by atoms with Gasteiger partial charge in [0.1, 0.15) is 18.7 Å². The summed E-state index contributed by atoms with van der Waals surface area (Å²) in [6.07, 6.45) is 4.87. The second kappa shape index (κ2) is 8.69. The number of Topliss-reactive ketones (excluding diaryl/α,β-unsaturated/α-hetero) is 1. The molecule has 1 atom stereocenters. The van der Waals surface area contributed by atoms with Gasteiger partial charge in [-0.25, -0.2) is 9.67 Å². The Balaban J connectivity index is 1.82. The molecule has 1 aromatic heterocycles. The molecule has 0 amide bonds. The summed E-state index contributed by atoms with van der Waals surface area (Å²) in [5.74, 6) is -0.0195. The third-order valence-electron chi connectivity index (χ3n) is 4.78. The third-order valence-corrected chi connectivity index (χ3v) is 5.37. The van der Waals surface area contributed by atoms with Crippen molar-refractivity contribution in [3.63, 3.8) is 0 Å². The number of benzene rings is 1. The number of carbonyl (C=O) groups excluding carboxylic acids is 1. The summed E-state index contributed by atoms with van der Waals surface area (Å²) in [6.45, 7) is 4.57. The van der Waals surface area contributed by atoms with Crippen LogP contribution in [-0.4, -0.2) is 40.1 Å². The monoisotopic (exact) mass is 411 g/mol. The molecule has 1 aliphatic heterocycles. The first-order valence-corrected chi connectivity index (χ1v) is 9.74. The van der Waals surface area contributed by atoms with Gasteiger partial charge < -0.3 is 9.47 Å². The number of carbonyl (C=O) groups is 1. The van der Waals surface area contributed by atoms with Crippen molar-refractivity contribution in [2.45, 2.75) is 45.4 Å². The molecule has 146 valence electrons. The average Bonchev–Trinajstić information content (AvgIpc) is 3.17. The number of ketones is 1. The van der Waals surface area contributed by atoms with Crippen LogP contribution in [0, 0.1) is 5.41 Å². The molecule has 0 bridgehead atoms. The molecule has 8 heteroatoms.